The predicted octanol–water partition coefficient (Wildman–Crippen LogP) is 3.75. The monoisotopic (exact) mass is 343 g/mol. The summed E-state index contributed by atoms with van der Waals surface area (Å²) >= 11 is 0. The van der Waals surface area contributed by atoms with E-state index >= 15 is 0 Å². The lowest BCUT2D eigenvalue weighted by atomic mass is 9.81. The molecule has 0 unspecified atom stereocenters. The lowest BCUT2D eigenvalue weighted by Crippen LogP contribution is -2.62. The van der Waals surface area contributed by atoms with Gasteiger partial charge in [-0.15, -0.1) is 0 Å². The molecule has 0 bridgehead atoms. The Hall–Kier alpha value is -1.88. The fraction of sp³-hybridized carbons (Fsp3) is 0.550. The Morgan fingerprint density at radius 3 is 3.00 bits per heavy atom. The van der Waals surface area contributed by atoms with Gasteiger partial charge in [-0.1, -0.05) is 6.42 Å². The maximum atomic E-state index is 13.6. The summed E-state index contributed by atoms with van der Waals surface area (Å²) in [6.45, 7) is 5.99. The number of fused-ring (bicyclic) bond motifs is 2. The average Bonchev–Trinajstić information content (AvgIpc) is 2.78. The van der Waals surface area contributed by atoms with E-state index in [1.165, 1.54) is 18.6 Å². The molecule has 4 nitrogen and oxygen atoms in total. The van der Waals surface area contributed by atoms with Gasteiger partial charge in [-0.3, -0.25) is 4.79 Å². The van der Waals surface area contributed by atoms with Crippen molar-refractivity contribution in [3.63, 3.8) is 0 Å². The first-order valence-electron chi connectivity index (χ1n) is 9.33. The van der Waals surface area contributed by atoms with Crippen LogP contribution in [0.3, 0.4) is 0 Å². The first-order valence-corrected chi connectivity index (χ1v) is 9.33. The molecule has 2 saturated heterocycles. The highest BCUT2D eigenvalue weighted by Gasteiger charge is 2.43. The number of nitrogens with zero attached hydrogens (tertiary/aromatic N) is 1. The van der Waals surface area contributed by atoms with Gasteiger partial charge in [-0.2, -0.15) is 0 Å². The number of aromatic amines is 1. The Balaban J connectivity index is 1.71. The van der Waals surface area contributed by atoms with Crippen LogP contribution in [0.25, 0.3) is 10.9 Å². The van der Waals surface area contributed by atoms with Crippen molar-refractivity contribution in [3.8, 4) is 0 Å². The number of rotatable bonds is 1. The van der Waals surface area contributed by atoms with Crippen LogP contribution < -0.4 is 5.32 Å². The second-order valence-electron chi connectivity index (χ2n) is 7.77. The normalized spacial score (nSPS) is 27.2. The van der Waals surface area contributed by atoms with Crippen LogP contribution in [0.1, 0.15) is 55.1 Å². The van der Waals surface area contributed by atoms with Gasteiger partial charge in [0.1, 0.15) is 11.5 Å². The van der Waals surface area contributed by atoms with E-state index in [2.05, 4.69) is 22.1 Å². The summed E-state index contributed by atoms with van der Waals surface area (Å²) in [5, 5.41) is 4.48. The van der Waals surface area contributed by atoms with Crippen LogP contribution >= 0.6 is 0 Å². The van der Waals surface area contributed by atoms with Crippen molar-refractivity contribution in [1.82, 2.24) is 15.2 Å². The van der Waals surface area contributed by atoms with E-state index < -0.39 is 0 Å². The number of carbonyl (C=O) groups excluding carboxylic acids is 1. The van der Waals surface area contributed by atoms with Gasteiger partial charge in [-0.05, 0) is 69.8 Å². The Morgan fingerprint density at radius 2 is 2.16 bits per heavy atom. The molecule has 0 spiro atoms. The summed E-state index contributed by atoms with van der Waals surface area (Å²) in [7, 11) is 0. The second kappa shape index (κ2) is 6.13. The van der Waals surface area contributed by atoms with Crippen molar-refractivity contribution in [1.29, 1.82) is 0 Å². The van der Waals surface area contributed by atoms with Crippen LogP contribution in [0, 0.1) is 12.7 Å². The highest BCUT2D eigenvalue weighted by Crippen LogP contribution is 2.34. The van der Waals surface area contributed by atoms with Crippen LogP contribution in [-0.4, -0.2) is 40.5 Å². The number of nitrogens with one attached hydrogen (secondary N) is 2. The number of piperidine rings is 1. The van der Waals surface area contributed by atoms with Crippen molar-refractivity contribution in [2.75, 3.05) is 13.1 Å². The zero-order chi connectivity index (χ0) is 17.6. The highest BCUT2D eigenvalue weighted by molar-refractivity contribution is 6.01. The standard InChI is InChI=1S/C20H26FN3O/c1-13-15-12-14(21)7-8-16(15)23-18(13)19(25)24-11-5-9-20(2)17(24)6-3-4-10-22-20/h7-8,12,17,22-23H,3-6,9-11H2,1-2H3/t17-,20-/m0/s1. The summed E-state index contributed by atoms with van der Waals surface area (Å²) in [5.41, 5.74) is 2.26. The molecule has 4 rings (SSSR count). The third kappa shape index (κ3) is 2.74. The molecule has 2 atom stereocenters. The first-order chi connectivity index (χ1) is 12.0. The lowest BCUT2D eigenvalue weighted by Gasteiger charge is -2.48. The highest BCUT2D eigenvalue weighted by atomic mass is 19.1. The van der Waals surface area contributed by atoms with E-state index in [-0.39, 0.29) is 23.3 Å². The fourth-order valence-electron chi connectivity index (χ4n) is 4.70. The fourth-order valence-corrected chi connectivity index (χ4v) is 4.70. The SMILES string of the molecule is Cc1c(C(=O)N2CCC[C@]3(C)NCCCC[C@H]23)[nH]c2ccc(F)cc12. The number of hydrogen-bond donors (Lipinski definition) is 2. The predicted molar refractivity (Wildman–Crippen MR) is 97.3 cm³/mol. The molecule has 0 aliphatic carbocycles. The van der Waals surface area contributed by atoms with Gasteiger partial charge in [0, 0.05) is 29.0 Å². The number of halogens is 1. The third-order valence-electron chi connectivity index (χ3n) is 6.14. The van der Waals surface area contributed by atoms with Gasteiger partial charge in [-0.25, -0.2) is 4.39 Å². The average molecular weight is 343 g/mol. The van der Waals surface area contributed by atoms with Gasteiger partial charge in [0.05, 0.1) is 0 Å². The molecule has 5 heteroatoms. The third-order valence-corrected chi connectivity index (χ3v) is 6.14. The van der Waals surface area contributed by atoms with Crippen LogP contribution in [0.4, 0.5) is 4.39 Å². The minimum absolute atomic E-state index is 0.00353. The molecule has 0 saturated carbocycles. The van der Waals surface area contributed by atoms with Crippen LogP contribution in [0.15, 0.2) is 18.2 Å². The molecule has 2 fully saturated rings. The summed E-state index contributed by atoms with van der Waals surface area (Å²) in [6.07, 6.45) is 5.48. The molecule has 134 valence electrons. The Labute approximate surface area is 147 Å². The second-order valence-corrected chi connectivity index (χ2v) is 7.77. The first kappa shape index (κ1) is 16.6. The van der Waals surface area contributed by atoms with E-state index in [1.54, 1.807) is 6.07 Å². The molecule has 1 aromatic heterocycles. The summed E-state index contributed by atoms with van der Waals surface area (Å²) < 4.78 is 13.6. The lowest BCUT2D eigenvalue weighted by molar-refractivity contribution is 0.0374. The number of likely N-dealkylation sites (tertiary alicyclic amines) is 1. The molecular formula is C20H26FN3O. The molecule has 2 N–H and O–H groups in total. The molecule has 2 aliphatic heterocycles. The molecule has 1 aromatic carbocycles. The van der Waals surface area contributed by atoms with E-state index in [0.29, 0.717) is 5.69 Å². The Morgan fingerprint density at radius 1 is 1.32 bits per heavy atom. The molecule has 3 heterocycles. The van der Waals surface area contributed by atoms with Crippen LogP contribution in [0.2, 0.25) is 0 Å². The van der Waals surface area contributed by atoms with Gasteiger partial charge >= 0.3 is 0 Å². The molecule has 2 aliphatic rings. The topological polar surface area (TPSA) is 48.1 Å². The Kier molecular flexibility index (Phi) is 4.07. The van der Waals surface area contributed by atoms with Crippen molar-refractivity contribution in [2.45, 2.75) is 57.5 Å². The summed E-state index contributed by atoms with van der Waals surface area (Å²) in [5.74, 6) is -0.221. The van der Waals surface area contributed by atoms with Gasteiger partial charge in [0.2, 0.25) is 0 Å². The maximum Gasteiger partial charge on any atom is 0.270 e. The number of H-pyrrole nitrogens is 1. The maximum absolute atomic E-state index is 13.6. The number of hydrogen-bond acceptors (Lipinski definition) is 2. The molecule has 25 heavy (non-hydrogen) atoms. The Bertz CT molecular complexity index is 815. The molecule has 2 aromatic rings. The van der Waals surface area contributed by atoms with Crippen LogP contribution in [-0.2, 0) is 0 Å². The van der Waals surface area contributed by atoms with Gasteiger partial charge < -0.3 is 15.2 Å². The number of carbonyl (C=O) groups is 1. The van der Waals surface area contributed by atoms with E-state index in [4.69, 9.17) is 0 Å². The van der Waals surface area contributed by atoms with E-state index in [9.17, 15) is 9.18 Å². The van der Waals surface area contributed by atoms with E-state index in [1.807, 2.05) is 6.92 Å². The summed E-state index contributed by atoms with van der Waals surface area (Å²) in [6, 6.07) is 4.87. The quantitative estimate of drug-likeness (QED) is 0.828. The largest absolute Gasteiger partial charge is 0.350 e. The van der Waals surface area contributed by atoms with Crippen molar-refractivity contribution < 1.29 is 9.18 Å². The number of aryl methyl sites for hydroxylation is 1. The summed E-state index contributed by atoms with van der Waals surface area (Å²) in [4.78, 5) is 18.6. The van der Waals surface area contributed by atoms with Gasteiger partial charge in [0.15, 0.2) is 0 Å². The van der Waals surface area contributed by atoms with Crippen LogP contribution in [0.5, 0.6) is 0 Å². The number of benzene rings is 1. The number of aromatic nitrogens is 1. The van der Waals surface area contributed by atoms with Crippen molar-refractivity contribution >= 4 is 16.8 Å². The minimum atomic E-state index is -0.271. The minimum Gasteiger partial charge on any atom is -0.350 e. The van der Waals surface area contributed by atoms with E-state index in [0.717, 1.165) is 55.2 Å². The molecule has 0 radical (unpaired) electrons. The zero-order valence-electron chi connectivity index (χ0n) is 15.0. The van der Waals surface area contributed by atoms with Gasteiger partial charge in [0.25, 0.3) is 5.91 Å². The molecular weight excluding hydrogens is 317 g/mol. The molecule has 1 amide bonds. The number of amides is 1. The smallest absolute Gasteiger partial charge is 0.270 e. The van der Waals surface area contributed by atoms with Crippen molar-refractivity contribution in [2.24, 2.45) is 0 Å². The zero-order valence-corrected chi connectivity index (χ0v) is 15.0. The van der Waals surface area contributed by atoms with Crippen molar-refractivity contribution in [3.05, 3.63) is 35.3 Å².